The lowest BCUT2D eigenvalue weighted by Crippen LogP contribution is -2.53. The summed E-state index contributed by atoms with van der Waals surface area (Å²) in [7, 11) is 0. The zero-order chi connectivity index (χ0) is 16.2. The van der Waals surface area contributed by atoms with Crippen LogP contribution in [0.4, 0.5) is 11.9 Å². The van der Waals surface area contributed by atoms with Crippen LogP contribution in [0.1, 0.15) is 6.92 Å². The average Bonchev–Trinajstić information content (AvgIpc) is 2.97. The maximum atomic E-state index is 5.81. The van der Waals surface area contributed by atoms with Gasteiger partial charge in [0.05, 0.1) is 0 Å². The molecule has 1 aliphatic rings. The molecule has 0 saturated carbocycles. The summed E-state index contributed by atoms with van der Waals surface area (Å²) in [5.74, 6) is 1.94. The van der Waals surface area contributed by atoms with Gasteiger partial charge >= 0.3 is 0 Å². The van der Waals surface area contributed by atoms with Crippen LogP contribution < -0.4 is 15.4 Å². The summed E-state index contributed by atoms with van der Waals surface area (Å²) in [6.45, 7) is 6.56. The fraction of sp³-hybridized carbons (Fsp3) is 0.467. The summed E-state index contributed by atoms with van der Waals surface area (Å²) >= 11 is 3.42. The number of halogens is 1. The molecule has 1 aromatic heterocycles. The number of aromatic amines is 1. The van der Waals surface area contributed by atoms with Crippen LogP contribution in [0.3, 0.4) is 0 Å². The van der Waals surface area contributed by atoms with Gasteiger partial charge < -0.3 is 15.4 Å². The maximum absolute atomic E-state index is 5.81. The molecule has 1 aliphatic heterocycles. The number of anilines is 2. The SMILES string of the molecule is CC1CN(c2nc(N)n[nH]2)CCN1CCOc1ccc(Br)cc1. The molecule has 3 rings (SSSR count). The van der Waals surface area contributed by atoms with E-state index < -0.39 is 0 Å². The van der Waals surface area contributed by atoms with E-state index in [4.69, 9.17) is 10.5 Å². The van der Waals surface area contributed by atoms with Crippen LogP contribution in [0.5, 0.6) is 5.75 Å². The first-order valence-corrected chi connectivity index (χ1v) is 8.46. The second kappa shape index (κ2) is 7.18. The van der Waals surface area contributed by atoms with Gasteiger partial charge in [0.2, 0.25) is 11.9 Å². The molecule has 2 aromatic rings. The third kappa shape index (κ3) is 4.14. The van der Waals surface area contributed by atoms with Crippen molar-refractivity contribution in [2.24, 2.45) is 0 Å². The Balaban J connectivity index is 1.46. The van der Waals surface area contributed by atoms with E-state index in [-0.39, 0.29) is 5.95 Å². The summed E-state index contributed by atoms with van der Waals surface area (Å²) in [6, 6.07) is 8.34. The van der Waals surface area contributed by atoms with Crippen molar-refractivity contribution in [3.63, 3.8) is 0 Å². The fourth-order valence-corrected chi connectivity index (χ4v) is 3.00. The lowest BCUT2D eigenvalue weighted by molar-refractivity contribution is 0.154. The number of nitrogens with two attached hydrogens (primary N) is 1. The van der Waals surface area contributed by atoms with E-state index in [0.29, 0.717) is 12.6 Å². The van der Waals surface area contributed by atoms with Crippen molar-refractivity contribution < 1.29 is 4.74 Å². The van der Waals surface area contributed by atoms with Crippen LogP contribution in [0.15, 0.2) is 28.7 Å². The molecule has 1 saturated heterocycles. The summed E-state index contributed by atoms with van der Waals surface area (Å²) in [6.07, 6.45) is 0. The minimum atomic E-state index is 0.290. The number of nitrogen functional groups attached to an aromatic ring is 1. The topological polar surface area (TPSA) is 83.3 Å². The minimum Gasteiger partial charge on any atom is -0.492 e. The van der Waals surface area contributed by atoms with E-state index in [1.165, 1.54) is 0 Å². The molecule has 124 valence electrons. The second-order valence-corrected chi connectivity index (χ2v) is 6.57. The first-order chi connectivity index (χ1) is 11.1. The largest absolute Gasteiger partial charge is 0.492 e. The van der Waals surface area contributed by atoms with Gasteiger partial charge in [-0.15, -0.1) is 5.10 Å². The molecule has 1 unspecified atom stereocenters. The normalized spacial score (nSPS) is 19.0. The lowest BCUT2D eigenvalue weighted by atomic mass is 10.2. The Hall–Kier alpha value is -1.80. The Morgan fingerprint density at radius 2 is 2.13 bits per heavy atom. The summed E-state index contributed by atoms with van der Waals surface area (Å²) in [5.41, 5.74) is 5.57. The van der Waals surface area contributed by atoms with Crippen molar-refractivity contribution in [1.29, 1.82) is 0 Å². The predicted molar refractivity (Wildman–Crippen MR) is 93.7 cm³/mol. The zero-order valence-corrected chi connectivity index (χ0v) is 14.7. The molecule has 0 aliphatic carbocycles. The zero-order valence-electron chi connectivity index (χ0n) is 13.1. The highest BCUT2D eigenvalue weighted by Gasteiger charge is 2.25. The first-order valence-electron chi connectivity index (χ1n) is 7.67. The molecule has 1 atom stereocenters. The first kappa shape index (κ1) is 16.1. The van der Waals surface area contributed by atoms with Crippen LogP contribution >= 0.6 is 15.9 Å². The quantitative estimate of drug-likeness (QED) is 0.821. The fourth-order valence-electron chi connectivity index (χ4n) is 2.74. The van der Waals surface area contributed by atoms with E-state index in [1.807, 2.05) is 24.3 Å². The molecule has 0 spiro atoms. The van der Waals surface area contributed by atoms with E-state index in [9.17, 15) is 0 Å². The van der Waals surface area contributed by atoms with Gasteiger partial charge in [-0.05, 0) is 31.2 Å². The molecule has 0 radical (unpaired) electrons. The lowest BCUT2D eigenvalue weighted by Gasteiger charge is -2.39. The second-order valence-electron chi connectivity index (χ2n) is 5.65. The number of rotatable bonds is 5. The van der Waals surface area contributed by atoms with Crippen LogP contribution in [-0.2, 0) is 0 Å². The molecular formula is C15H21BrN6O. The number of piperazine rings is 1. The molecule has 7 nitrogen and oxygen atoms in total. The molecule has 1 aromatic carbocycles. The van der Waals surface area contributed by atoms with Crippen molar-refractivity contribution in [2.45, 2.75) is 13.0 Å². The van der Waals surface area contributed by atoms with E-state index in [1.54, 1.807) is 0 Å². The Kier molecular flexibility index (Phi) is 5.02. The Labute approximate surface area is 143 Å². The highest BCUT2D eigenvalue weighted by molar-refractivity contribution is 9.10. The summed E-state index contributed by atoms with van der Waals surface area (Å²) < 4.78 is 6.86. The Morgan fingerprint density at radius 3 is 2.78 bits per heavy atom. The molecule has 23 heavy (non-hydrogen) atoms. The van der Waals surface area contributed by atoms with E-state index in [0.717, 1.165) is 42.3 Å². The van der Waals surface area contributed by atoms with Gasteiger partial charge in [0.25, 0.3) is 0 Å². The summed E-state index contributed by atoms with van der Waals surface area (Å²) in [4.78, 5) is 8.80. The Morgan fingerprint density at radius 1 is 1.35 bits per heavy atom. The van der Waals surface area contributed by atoms with Gasteiger partial charge in [-0.1, -0.05) is 15.9 Å². The van der Waals surface area contributed by atoms with Crippen LogP contribution in [0.25, 0.3) is 0 Å². The molecule has 3 N–H and O–H groups in total. The molecule has 8 heteroatoms. The number of nitrogens with zero attached hydrogens (tertiary/aromatic N) is 4. The number of ether oxygens (including phenoxy) is 1. The minimum absolute atomic E-state index is 0.290. The average molecular weight is 381 g/mol. The highest BCUT2D eigenvalue weighted by Crippen LogP contribution is 2.17. The van der Waals surface area contributed by atoms with Crippen molar-refractivity contribution >= 4 is 27.8 Å². The standard InChI is InChI=1S/C15H21BrN6O/c1-11-10-22(15-18-14(17)19-20-15)7-6-21(11)8-9-23-13-4-2-12(16)3-5-13/h2-5,11H,6-10H2,1H3,(H3,17,18,19,20). The maximum Gasteiger partial charge on any atom is 0.241 e. The van der Waals surface area contributed by atoms with Crippen LogP contribution in [-0.4, -0.2) is 58.9 Å². The molecule has 1 fully saturated rings. The van der Waals surface area contributed by atoms with Gasteiger partial charge in [0, 0.05) is 36.7 Å². The number of aromatic nitrogens is 3. The number of hydrogen-bond donors (Lipinski definition) is 2. The summed E-state index contributed by atoms with van der Waals surface area (Å²) in [5, 5.41) is 6.76. The van der Waals surface area contributed by atoms with E-state index >= 15 is 0 Å². The predicted octanol–water partition coefficient (Wildman–Crippen LogP) is 1.74. The van der Waals surface area contributed by atoms with Crippen molar-refractivity contribution in [3.8, 4) is 5.75 Å². The number of benzene rings is 1. The van der Waals surface area contributed by atoms with Crippen molar-refractivity contribution in [1.82, 2.24) is 20.1 Å². The molecule has 0 bridgehead atoms. The van der Waals surface area contributed by atoms with Crippen molar-refractivity contribution in [3.05, 3.63) is 28.7 Å². The molecular weight excluding hydrogens is 360 g/mol. The molecule has 0 amide bonds. The van der Waals surface area contributed by atoms with Gasteiger partial charge in [0.1, 0.15) is 12.4 Å². The molecule has 2 heterocycles. The smallest absolute Gasteiger partial charge is 0.241 e. The monoisotopic (exact) mass is 380 g/mol. The van der Waals surface area contributed by atoms with Crippen LogP contribution in [0, 0.1) is 0 Å². The Bertz CT molecular complexity index is 631. The van der Waals surface area contributed by atoms with E-state index in [2.05, 4.69) is 47.8 Å². The van der Waals surface area contributed by atoms with Gasteiger partial charge in [-0.3, -0.25) is 4.90 Å². The number of nitrogens with one attached hydrogen (secondary N) is 1. The highest BCUT2D eigenvalue weighted by atomic mass is 79.9. The van der Waals surface area contributed by atoms with Crippen molar-refractivity contribution in [2.75, 3.05) is 43.4 Å². The third-order valence-electron chi connectivity index (χ3n) is 4.02. The third-order valence-corrected chi connectivity index (χ3v) is 4.55. The van der Waals surface area contributed by atoms with Gasteiger partial charge in [-0.2, -0.15) is 4.98 Å². The number of H-pyrrole nitrogens is 1. The van der Waals surface area contributed by atoms with Gasteiger partial charge in [-0.25, -0.2) is 5.10 Å². The van der Waals surface area contributed by atoms with Crippen LogP contribution in [0.2, 0.25) is 0 Å². The van der Waals surface area contributed by atoms with Gasteiger partial charge in [0.15, 0.2) is 0 Å². The number of hydrogen-bond acceptors (Lipinski definition) is 6.